The van der Waals surface area contributed by atoms with Gasteiger partial charge in [-0.2, -0.15) is 0 Å². The first kappa shape index (κ1) is 19.8. The molecule has 32 heavy (non-hydrogen) atoms. The van der Waals surface area contributed by atoms with Gasteiger partial charge in [0.1, 0.15) is 12.3 Å². The van der Waals surface area contributed by atoms with Crippen LogP contribution >= 0.6 is 0 Å². The van der Waals surface area contributed by atoms with Crippen LogP contribution in [0, 0.1) is 11.8 Å². The highest BCUT2D eigenvalue weighted by Crippen LogP contribution is 2.44. The van der Waals surface area contributed by atoms with Crippen molar-refractivity contribution < 1.29 is 9.53 Å². The number of fused-ring (bicyclic) bond motifs is 4. The van der Waals surface area contributed by atoms with Crippen molar-refractivity contribution in [2.75, 3.05) is 13.2 Å². The van der Waals surface area contributed by atoms with E-state index in [-0.39, 0.29) is 5.92 Å². The van der Waals surface area contributed by atoms with E-state index < -0.39 is 6.09 Å². The van der Waals surface area contributed by atoms with E-state index in [1.165, 1.54) is 22.3 Å². The summed E-state index contributed by atoms with van der Waals surface area (Å²) in [5, 5.41) is 2.77. The van der Waals surface area contributed by atoms with E-state index in [0.29, 0.717) is 25.3 Å². The molecule has 0 unspecified atom stereocenters. The fraction of sp³-hybridized carbons (Fsp3) is 0.148. The summed E-state index contributed by atoms with van der Waals surface area (Å²) in [6, 6.07) is 24.2. The van der Waals surface area contributed by atoms with Gasteiger partial charge in [-0.15, -0.1) is 0 Å². The van der Waals surface area contributed by atoms with Crippen molar-refractivity contribution in [1.29, 1.82) is 0 Å². The SMILES string of the molecule is O=C(NCCC#Cc1cnc2ccccc2n1)OCC1c2ccccc2-c2ccccc21. The van der Waals surface area contributed by atoms with Gasteiger partial charge >= 0.3 is 6.09 Å². The predicted molar refractivity (Wildman–Crippen MR) is 124 cm³/mol. The number of rotatable bonds is 4. The van der Waals surface area contributed by atoms with Gasteiger partial charge in [0.15, 0.2) is 0 Å². The average molecular weight is 419 g/mol. The van der Waals surface area contributed by atoms with Crippen LogP contribution < -0.4 is 5.32 Å². The zero-order valence-corrected chi connectivity index (χ0v) is 17.4. The maximum Gasteiger partial charge on any atom is 0.407 e. The van der Waals surface area contributed by atoms with Crippen molar-refractivity contribution in [1.82, 2.24) is 15.3 Å². The lowest BCUT2D eigenvalue weighted by molar-refractivity contribution is 0.143. The Morgan fingerprint density at radius 2 is 1.56 bits per heavy atom. The Hall–Kier alpha value is -4.17. The molecule has 0 bridgehead atoms. The van der Waals surface area contributed by atoms with Crippen LogP contribution in [-0.2, 0) is 4.74 Å². The first-order valence-corrected chi connectivity index (χ1v) is 10.6. The Morgan fingerprint density at radius 3 is 2.31 bits per heavy atom. The molecule has 4 aromatic rings. The van der Waals surface area contributed by atoms with Gasteiger partial charge in [0.25, 0.3) is 0 Å². The molecule has 5 heteroatoms. The number of alkyl carbamates (subject to hydrolysis) is 1. The highest BCUT2D eigenvalue weighted by Gasteiger charge is 2.28. The zero-order chi connectivity index (χ0) is 21.8. The molecule has 1 N–H and O–H groups in total. The summed E-state index contributed by atoms with van der Waals surface area (Å²) in [6.07, 6.45) is 1.73. The van der Waals surface area contributed by atoms with Crippen molar-refractivity contribution in [3.8, 4) is 23.0 Å². The monoisotopic (exact) mass is 419 g/mol. The molecule has 3 aromatic carbocycles. The highest BCUT2D eigenvalue weighted by atomic mass is 16.5. The van der Waals surface area contributed by atoms with Crippen LogP contribution in [-0.4, -0.2) is 29.2 Å². The molecule has 5 nitrogen and oxygen atoms in total. The molecule has 1 aliphatic carbocycles. The van der Waals surface area contributed by atoms with Crippen LogP contribution in [0.5, 0.6) is 0 Å². The smallest absolute Gasteiger partial charge is 0.407 e. The number of carbonyl (C=O) groups is 1. The second kappa shape index (κ2) is 8.91. The van der Waals surface area contributed by atoms with E-state index in [2.05, 4.69) is 51.4 Å². The van der Waals surface area contributed by atoms with Crippen LogP contribution in [0.2, 0.25) is 0 Å². The number of nitrogens with zero attached hydrogens (tertiary/aromatic N) is 2. The van der Waals surface area contributed by atoms with E-state index >= 15 is 0 Å². The summed E-state index contributed by atoms with van der Waals surface area (Å²) in [5.74, 6) is 6.07. The second-order valence-corrected chi connectivity index (χ2v) is 7.55. The van der Waals surface area contributed by atoms with Gasteiger partial charge in [0, 0.05) is 18.9 Å². The maximum atomic E-state index is 12.2. The van der Waals surface area contributed by atoms with Crippen molar-refractivity contribution >= 4 is 17.1 Å². The molecule has 5 rings (SSSR count). The lowest BCUT2D eigenvalue weighted by atomic mass is 9.98. The van der Waals surface area contributed by atoms with Crippen molar-refractivity contribution in [3.63, 3.8) is 0 Å². The van der Waals surface area contributed by atoms with Crippen molar-refractivity contribution in [3.05, 3.63) is 95.8 Å². The maximum absolute atomic E-state index is 12.2. The predicted octanol–water partition coefficient (Wildman–Crippen LogP) is 4.91. The summed E-state index contributed by atoms with van der Waals surface area (Å²) in [4.78, 5) is 21.0. The molecule has 0 radical (unpaired) electrons. The molecule has 0 fully saturated rings. The van der Waals surface area contributed by atoms with E-state index in [4.69, 9.17) is 4.74 Å². The molecule has 0 spiro atoms. The molecule has 0 aliphatic heterocycles. The topological polar surface area (TPSA) is 64.1 Å². The summed E-state index contributed by atoms with van der Waals surface area (Å²) in [7, 11) is 0. The van der Waals surface area contributed by atoms with Crippen LogP contribution in [0.3, 0.4) is 0 Å². The number of ether oxygens (including phenoxy) is 1. The third-order valence-electron chi connectivity index (χ3n) is 5.53. The Labute approximate surface area is 186 Å². The second-order valence-electron chi connectivity index (χ2n) is 7.55. The molecule has 0 atom stereocenters. The number of hydrogen-bond acceptors (Lipinski definition) is 4. The summed E-state index contributed by atoms with van der Waals surface area (Å²) in [6.45, 7) is 0.711. The number of nitrogens with one attached hydrogen (secondary N) is 1. The molecule has 156 valence electrons. The molecule has 1 heterocycles. The van der Waals surface area contributed by atoms with Gasteiger partial charge in [-0.3, -0.25) is 4.98 Å². The van der Waals surface area contributed by atoms with Gasteiger partial charge in [-0.05, 0) is 40.3 Å². The minimum atomic E-state index is -0.431. The van der Waals surface area contributed by atoms with Crippen LogP contribution in [0.1, 0.15) is 29.2 Å². The molecule has 0 saturated carbocycles. The summed E-state index contributed by atoms with van der Waals surface area (Å²) < 4.78 is 5.53. The third kappa shape index (κ3) is 4.03. The first-order chi connectivity index (χ1) is 15.8. The number of benzene rings is 3. The van der Waals surface area contributed by atoms with E-state index in [9.17, 15) is 4.79 Å². The number of para-hydroxylation sites is 2. The lowest BCUT2D eigenvalue weighted by Gasteiger charge is -2.14. The Morgan fingerprint density at radius 1 is 0.906 bits per heavy atom. The number of carbonyl (C=O) groups excluding carboxylic acids is 1. The Bertz CT molecular complexity index is 1310. The van der Waals surface area contributed by atoms with Crippen LogP contribution in [0.4, 0.5) is 4.79 Å². The van der Waals surface area contributed by atoms with E-state index in [1.54, 1.807) is 6.20 Å². The van der Waals surface area contributed by atoms with E-state index in [1.807, 2.05) is 48.5 Å². The molecule has 1 aromatic heterocycles. The highest BCUT2D eigenvalue weighted by molar-refractivity contribution is 5.79. The fourth-order valence-corrected chi connectivity index (χ4v) is 4.05. The molecular formula is C27H21N3O2. The largest absolute Gasteiger partial charge is 0.449 e. The lowest BCUT2D eigenvalue weighted by Crippen LogP contribution is -2.26. The Kier molecular flexibility index (Phi) is 5.50. The number of aromatic nitrogens is 2. The van der Waals surface area contributed by atoms with Crippen molar-refractivity contribution in [2.45, 2.75) is 12.3 Å². The molecule has 1 aliphatic rings. The summed E-state index contributed by atoms with van der Waals surface area (Å²) in [5.41, 5.74) is 7.09. The van der Waals surface area contributed by atoms with Gasteiger partial charge in [0.05, 0.1) is 17.2 Å². The van der Waals surface area contributed by atoms with E-state index in [0.717, 1.165) is 11.0 Å². The standard InChI is InChI=1S/C27H21N3O2/c31-27(28-16-8-7-9-19-17-29-25-14-5-6-15-26(25)30-19)32-18-24-22-12-3-1-10-20(22)21-11-2-4-13-23(21)24/h1-6,10-15,17,24H,8,16,18H2,(H,28,31). The summed E-state index contributed by atoms with van der Waals surface area (Å²) >= 11 is 0. The molecular weight excluding hydrogens is 398 g/mol. The minimum absolute atomic E-state index is 0.0550. The quantitative estimate of drug-likeness (QED) is 0.377. The van der Waals surface area contributed by atoms with Gasteiger partial charge in [-0.25, -0.2) is 9.78 Å². The Balaban J connectivity index is 1.13. The van der Waals surface area contributed by atoms with Gasteiger partial charge in [-0.1, -0.05) is 66.6 Å². The van der Waals surface area contributed by atoms with Gasteiger partial charge < -0.3 is 10.1 Å². The average Bonchev–Trinajstić information content (AvgIpc) is 3.16. The minimum Gasteiger partial charge on any atom is -0.449 e. The van der Waals surface area contributed by atoms with Crippen LogP contribution in [0.15, 0.2) is 79.0 Å². The molecule has 1 amide bonds. The zero-order valence-electron chi connectivity index (χ0n) is 17.4. The van der Waals surface area contributed by atoms with Gasteiger partial charge in [0.2, 0.25) is 0 Å². The van der Waals surface area contributed by atoms with Crippen molar-refractivity contribution in [2.24, 2.45) is 0 Å². The fourth-order valence-electron chi connectivity index (χ4n) is 4.05. The van der Waals surface area contributed by atoms with Crippen LogP contribution in [0.25, 0.3) is 22.2 Å². The normalized spacial score (nSPS) is 11.9. The third-order valence-corrected chi connectivity index (χ3v) is 5.53. The molecule has 0 saturated heterocycles. The first-order valence-electron chi connectivity index (χ1n) is 10.6. The number of amides is 1. The number of hydrogen-bond donors (Lipinski definition) is 1.